The number of halogens is 3. The molecule has 3 nitrogen and oxygen atoms in total. The number of para-hydroxylation sites is 1. The highest BCUT2D eigenvalue weighted by atomic mass is 19.4. The van der Waals surface area contributed by atoms with Crippen LogP contribution in [0.3, 0.4) is 0 Å². The third-order valence-corrected chi connectivity index (χ3v) is 2.33. The van der Waals surface area contributed by atoms with Crippen molar-refractivity contribution in [1.29, 1.82) is 0 Å². The smallest absolute Gasteiger partial charge is 0.467 e. The molecule has 0 aliphatic carbocycles. The number of hydrogen-bond donors (Lipinski definition) is 1. The van der Waals surface area contributed by atoms with Crippen LogP contribution < -0.4 is 10.5 Å². The highest BCUT2D eigenvalue weighted by Crippen LogP contribution is 2.32. The number of furan rings is 1. The molecule has 0 radical (unpaired) electrons. The van der Waals surface area contributed by atoms with E-state index in [0.29, 0.717) is 5.76 Å². The molecule has 0 aliphatic rings. The van der Waals surface area contributed by atoms with Gasteiger partial charge in [-0.05, 0) is 18.2 Å². The molecule has 2 rings (SSSR count). The van der Waals surface area contributed by atoms with Crippen LogP contribution in [-0.2, 0) is 0 Å². The third-order valence-electron chi connectivity index (χ3n) is 2.33. The number of rotatable bonds is 3. The summed E-state index contributed by atoms with van der Waals surface area (Å²) in [5, 5.41) is 0. The monoisotopic (exact) mass is 257 g/mol. The van der Waals surface area contributed by atoms with E-state index >= 15 is 0 Å². The van der Waals surface area contributed by atoms with Crippen molar-refractivity contribution in [3.05, 3.63) is 54.0 Å². The van der Waals surface area contributed by atoms with Crippen LogP contribution in [0.1, 0.15) is 17.4 Å². The van der Waals surface area contributed by atoms with Crippen molar-refractivity contribution in [3.63, 3.8) is 0 Å². The van der Waals surface area contributed by atoms with E-state index in [1.54, 1.807) is 18.2 Å². The van der Waals surface area contributed by atoms with Gasteiger partial charge in [-0.3, -0.25) is 0 Å². The van der Waals surface area contributed by atoms with Gasteiger partial charge in [0.05, 0.1) is 12.3 Å². The molecule has 2 aromatic rings. The Morgan fingerprint density at radius 1 is 1.11 bits per heavy atom. The van der Waals surface area contributed by atoms with Crippen LogP contribution >= 0.6 is 0 Å². The maximum absolute atomic E-state index is 12.2. The highest BCUT2D eigenvalue weighted by molar-refractivity contribution is 5.39. The van der Waals surface area contributed by atoms with E-state index in [9.17, 15) is 13.2 Å². The minimum absolute atomic E-state index is 0.213. The zero-order chi connectivity index (χ0) is 13.2. The molecule has 1 atom stereocenters. The number of benzene rings is 1. The molecular weight excluding hydrogens is 247 g/mol. The molecule has 0 amide bonds. The molecule has 0 aliphatic heterocycles. The lowest BCUT2D eigenvalue weighted by Gasteiger charge is -2.16. The Morgan fingerprint density at radius 3 is 2.44 bits per heavy atom. The molecule has 18 heavy (non-hydrogen) atoms. The van der Waals surface area contributed by atoms with Gasteiger partial charge in [-0.25, -0.2) is 0 Å². The average molecular weight is 257 g/mol. The van der Waals surface area contributed by atoms with Crippen molar-refractivity contribution in [2.75, 3.05) is 0 Å². The minimum Gasteiger partial charge on any atom is -0.467 e. The van der Waals surface area contributed by atoms with E-state index in [-0.39, 0.29) is 11.3 Å². The zero-order valence-corrected chi connectivity index (χ0v) is 9.15. The first-order valence-corrected chi connectivity index (χ1v) is 5.11. The summed E-state index contributed by atoms with van der Waals surface area (Å²) < 4.78 is 45.7. The first kappa shape index (κ1) is 12.5. The first-order valence-electron chi connectivity index (χ1n) is 5.11. The van der Waals surface area contributed by atoms with Crippen LogP contribution in [0.2, 0.25) is 0 Å². The number of ether oxygens (including phenoxy) is 1. The lowest BCUT2D eigenvalue weighted by atomic mass is 10.0. The van der Waals surface area contributed by atoms with Gasteiger partial charge in [-0.1, -0.05) is 18.2 Å². The molecule has 0 spiro atoms. The van der Waals surface area contributed by atoms with Gasteiger partial charge in [0.25, 0.3) is 0 Å². The Hall–Kier alpha value is -1.95. The maximum atomic E-state index is 12.2. The molecule has 0 saturated carbocycles. The minimum atomic E-state index is -4.75. The van der Waals surface area contributed by atoms with E-state index < -0.39 is 12.4 Å². The Bertz CT molecular complexity index is 508. The number of hydrogen-bond acceptors (Lipinski definition) is 3. The highest BCUT2D eigenvalue weighted by Gasteiger charge is 2.32. The summed E-state index contributed by atoms with van der Waals surface area (Å²) in [6.45, 7) is 0. The predicted molar refractivity (Wildman–Crippen MR) is 57.9 cm³/mol. The Labute approximate surface area is 101 Å². The lowest BCUT2D eigenvalue weighted by molar-refractivity contribution is -0.274. The van der Waals surface area contributed by atoms with Crippen molar-refractivity contribution in [2.45, 2.75) is 12.4 Å². The van der Waals surface area contributed by atoms with E-state index in [2.05, 4.69) is 4.74 Å². The van der Waals surface area contributed by atoms with Gasteiger partial charge in [-0.2, -0.15) is 0 Å². The third kappa shape index (κ3) is 2.84. The zero-order valence-electron chi connectivity index (χ0n) is 9.15. The van der Waals surface area contributed by atoms with Crippen LogP contribution in [0.5, 0.6) is 5.75 Å². The van der Waals surface area contributed by atoms with E-state index in [1.165, 1.54) is 24.5 Å². The van der Waals surface area contributed by atoms with Gasteiger partial charge >= 0.3 is 6.36 Å². The van der Waals surface area contributed by atoms with Gasteiger partial charge in [-0.15, -0.1) is 13.2 Å². The first-order chi connectivity index (χ1) is 8.47. The van der Waals surface area contributed by atoms with Crippen molar-refractivity contribution in [2.24, 2.45) is 5.73 Å². The van der Waals surface area contributed by atoms with E-state index in [0.717, 1.165) is 0 Å². The summed E-state index contributed by atoms with van der Waals surface area (Å²) in [7, 11) is 0. The van der Waals surface area contributed by atoms with Gasteiger partial charge in [0.15, 0.2) is 0 Å². The molecule has 1 unspecified atom stereocenters. The van der Waals surface area contributed by atoms with Crippen LogP contribution in [-0.4, -0.2) is 6.36 Å². The second-order valence-electron chi connectivity index (χ2n) is 3.58. The average Bonchev–Trinajstić information content (AvgIpc) is 2.80. The van der Waals surface area contributed by atoms with Crippen molar-refractivity contribution < 1.29 is 22.3 Å². The molecule has 96 valence electrons. The molecule has 1 heterocycles. The second-order valence-corrected chi connectivity index (χ2v) is 3.58. The fourth-order valence-electron chi connectivity index (χ4n) is 1.58. The van der Waals surface area contributed by atoms with Crippen molar-refractivity contribution in [3.8, 4) is 5.75 Å². The number of alkyl halides is 3. The SMILES string of the molecule is NC(c1ccco1)c1ccccc1OC(F)(F)F. The van der Waals surface area contributed by atoms with Crippen molar-refractivity contribution in [1.82, 2.24) is 0 Å². The van der Waals surface area contributed by atoms with Crippen molar-refractivity contribution >= 4 is 0 Å². The topological polar surface area (TPSA) is 48.4 Å². The molecule has 6 heteroatoms. The summed E-state index contributed by atoms with van der Waals surface area (Å²) in [4.78, 5) is 0. The largest absolute Gasteiger partial charge is 0.573 e. The Morgan fingerprint density at radius 2 is 1.83 bits per heavy atom. The van der Waals surface area contributed by atoms with Gasteiger partial charge in [0, 0.05) is 5.56 Å². The van der Waals surface area contributed by atoms with E-state index in [4.69, 9.17) is 10.2 Å². The Balaban J connectivity index is 2.33. The van der Waals surface area contributed by atoms with Crippen LogP contribution in [0.15, 0.2) is 47.1 Å². The van der Waals surface area contributed by atoms with Gasteiger partial charge in [0.1, 0.15) is 11.5 Å². The van der Waals surface area contributed by atoms with E-state index in [1.807, 2.05) is 0 Å². The molecule has 0 fully saturated rings. The standard InChI is InChI=1S/C12H10F3NO2/c13-12(14,15)18-9-5-2-1-4-8(9)11(16)10-6-3-7-17-10/h1-7,11H,16H2. The molecule has 1 aromatic heterocycles. The summed E-state index contributed by atoms with van der Waals surface area (Å²) in [6, 6.07) is 8.11. The predicted octanol–water partition coefficient (Wildman–Crippen LogP) is 3.23. The summed E-state index contributed by atoms with van der Waals surface area (Å²) >= 11 is 0. The number of nitrogens with two attached hydrogens (primary N) is 1. The quantitative estimate of drug-likeness (QED) is 0.918. The molecule has 0 bridgehead atoms. The molecule has 0 saturated heterocycles. The molecule has 2 N–H and O–H groups in total. The molecule has 1 aromatic carbocycles. The van der Waals surface area contributed by atoms with Gasteiger partial charge < -0.3 is 14.9 Å². The fraction of sp³-hybridized carbons (Fsp3) is 0.167. The summed E-state index contributed by atoms with van der Waals surface area (Å²) in [5.74, 6) is 0.0436. The van der Waals surface area contributed by atoms with Crippen LogP contribution in [0.4, 0.5) is 13.2 Å². The summed E-state index contributed by atoms with van der Waals surface area (Å²) in [6.07, 6.45) is -3.35. The summed E-state index contributed by atoms with van der Waals surface area (Å²) in [5.41, 5.74) is 6.05. The lowest BCUT2D eigenvalue weighted by Crippen LogP contribution is -2.20. The molecular formula is C12H10F3NO2. The van der Waals surface area contributed by atoms with Crippen LogP contribution in [0.25, 0.3) is 0 Å². The maximum Gasteiger partial charge on any atom is 0.573 e. The Kier molecular flexibility index (Phi) is 3.29. The second kappa shape index (κ2) is 4.73. The van der Waals surface area contributed by atoms with Crippen LogP contribution in [0, 0.1) is 0 Å². The normalized spacial score (nSPS) is 13.3. The fourth-order valence-corrected chi connectivity index (χ4v) is 1.58. The van der Waals surface area contributed by atoms with Gasteiger partial charge in [0.2, 0.25) is 0 Å².